The zero-order chi connectivity index (χ0) is 18.0. The van der Waals surface area contributed by atoms with E-state index in [1.54, 1.807) is 19.2 Å². The molecule has 0 spiro atoms. The first-order valence-electron chi connectivity index (χ1n) is 8.73. The van der Waals surface area contributed by atoms with E-state index in [-0.39, 0.29) is 24.0 Å². The third-order valence-corrected chi connectivity index (χ3v) is 4.96. The van der Waals surface area contributed by atoms with Crippen LogP contribution in [0.15, 0.2) is 29.3 Å². The number of likely N-dealkylation sites (tertiary alicyclic amines) is 1. The highest BCUT2D eigenvalue weighted by Gasteiger charge is 2.34. The molecule has 1 aliphatic carbocycles. The predicted octanol–water partition coefficient (Wildman–Crippen LogP) is 3.47. The Labute approximate surface area is 169 Å². The first-order valence-corrected chi connectivity index (χ1v) is 8.73. The fraction of sp³-hybridized carbons (Fsp3) is 0.611. The van der Waals surface area contributed by atoms with Crippen molar-refractivity contribution in [2.24, 2.45) is 10.9 Å². The van der Waals surface area contributed by atoms with Crippen molar-refractivity contribution in [1.29, 1.82) is 0 Å². The number of nitrogens with one attached hydrogen (secondary N) is 2. The molecule has 1 heterocycles. The van der Waals surface area contributed by atoms with Gasteiger partial charge in [-0.15, -0.1) is 24.0 Å². The monoisotopic (exact) mass is 482 g/mol. The number of hydrogen-bond acceptors (Lipinski definition) is 2. The summed E-state index contributed by atoms with van der Waals surface area (Å²) in [7, 11) is 1.78. The summed E-state index contributed by atoms with van der Waals surface area (Å²) in [5.41, 5.74) is 0.310. The van der Waals surface area contributed by atoms with Crippen molar-refractivity contribution in [2.45, 2.75) is 44.6 Å². The Morgan fingerprint density at radius 1 is 1.23 bits per heavy atom. The second-order valence-corrected chi connectivity index (χ2v) is 7.10. The van der Waals surface area contributed by atoms with Gasteiger partial charge in [0.2, 0.25) is 0 Å². The molecule has 2 N–H and O–H groups in total. The standard InChI is InChI=1S/C18H25F3N4.HI/c1-12-9-16(12)24-17(22-2)23-15-7-8-25(11-15)10-13-3-5-14(6-4-13)18(19,20)21;/h3-6,12,15-16H,7-11H2,1-2H3,(H2,22,23,24);1H. The van der Waals surface area contributed by atoms with Crippen LogP contribution >= 0.6 is 24.0 Å². The third kappa shape index (κ3) is 5.73. The largest absolute Gasteiger partial charge is 0.416 e. The topological polar surface area (TPSA) is 39.7 Å². The van der Waals surface area contributed by atoms with Crippen molar-refractivity contribution in [3.8, 4) is 0 Å². The van der Waals surface area contributed by atoms with Crippen LogP contribution in [0, 0.1) is 5.92 Å². The maximum Gasteiger partial charge on any atom is 0.416 e. The minimum atomic E-state index is -4.27. The van der Waals surface area contributed by atoms with Crippen LogP contribution in [0.25, 0.3) is 0 Å². The van der Waals surface area contributed by atoms with Crippen LogP contribution in [0.5, 0.6) is 0 Å². The molecule has 1 saturated heterocycles. The van der Waals surface area contributed by atoms with Crippen LogP contribution in [0.2, 0.25) is 0 Å². The summed E-state index contributed by atoms with van der Waals surface area (Å²) in [6, 6.07) is 6.29. The van der Waals surface area contributed by atoms with Gasteiger partial charge in [-0.1, -0.05) is 19.1 Å². The van der Waals surface area contributed by atoms with Crippen molar-refractivity contribution < 1.29 is 13.2 Å². The van der Waals surface area contributed by atoms with Gasteiger partial charge < -0.3 is 10.6 Å². The third-order valence-electron chi connectivity index (χ3n) is 4.96. The summed E-state index contributed by atoms with van der Waals surface area (Å²) in [6.07, 6.45) is -2.09. The number of rotatable bonds is 4. The van der Waals surface area contributed by atoms with Crippen molar-refractivity contribution >= 4 is 29.9 Å². The normalized spacial score (nSPS) is 26.3. The Morgan fingerprint density at radius 2 is 1.88 bits per heavy atom. The second kappa shape index (κ2) is 8.77. The van der Waals surface area contributed by atoms with E-state index in [1.165, 1.54) is 6.42 Å². The van der Waals surface area contributed by atoms with Gasteiger partial charge in [-0.05, 0) is 36.5 Å². The predicted molar refractivity (Wildman–Crippen MR) is 108 cm³/mol. The van der Waals surface area contributed by atoms with E-state index in [1.807, 2.05) is 0 Å². The molecular formula is C18H26F3IN4. The van der Waals surface area contributed by atoms with Gasteiger partial charge in [-0.2, -0.15) is 13.2 Å². The quantitative estimate of drug-likeness (QED) is 0.393. The van der Waals surface area contributed by atoms with Gasteiger partial charge in [0.25, 0.3) is 0 Å². The fourth-order valence-corrected chi connectivity index (χ4v) is 3.21. The number of halogens is 4. The van der Waals surface area contributed by atoms with E-state index in [9.17, 15) is 13.2 Å². The van der Waals surface area contributed by atoms with Gasteiger partial charge >= 0.3 is 6.18 Å². The molecule has 3 atom stereocenters. The molecule has 8 heteroatoms. The minimum absolute atomic E-state index is 0. The zero-order valence-corrected chi connectivity index (χ0v) is 17.3. The van der Waals surface area contributed by atoms with Gasteiger partial charge in [0.15, 0.2) is 5.96 Å². The van der Waals surface area contributed by atoms with Crippen molar-refractivity contribution in [3.05, 3.63) is 35.4 Å². The molecule has 146 valence electrons. The van der Waals surface area contributed by atoms with Crippen molar-refractivity contribution in [1.82, 2.24) is 15.5 Å². The van der Waals surface area contributed by atoms with Gasteiger partial charge in [0, 0.05) is 38.8 Å². The van der Waals surface area contributed by atoms with E-state index in [0.717, 1.165) is 43.2 Å². The lowest BCUT2D eigenvalue weighted by Crippen LogP contribution is -2.45. The highest BCUT2D eigenvalue weighted by Crippen LogP contribution is 2.30. The van der Waals surface area contributed by atoms with Crippen LogP contribution in [0.1, 0.15) is 30.9 Å². The molecule has 0 bridgehead atoms. The lowest BCUT2D eigenvalue weighted by atomic mass is 10.1. The Bertz CT molecular complexity index is 618. The summed E-state index contributed by atoms with van der Waals surface area (Å²) in [4.78, 5) is 6.53. The second-order valence-electron chi connectivity index (χ2n) is 7.10. The van der Waals surface area contributed by atoms with Crippen molar-refractivity contribution in [3.63, 3.8) is 0 Å². The van der Waals surface area contributed by atoms with E-state index in [2.05, 4.69) is 27.4 Å². The van der Waals surface area contributed by atoms with Gasteiger partial charge in [-0.25, -0.2) is 0 Å². The zero-order valence-electron chi connectivity index (χ0n) is 15.0. The van der Waals surface area contributed by atoms with E-state index >= 15 is 0 Å². The summed E-state index contributed by atoms with van der Waals surface area (Å²) >= 11 is 0. The first-order chi connectivity index (χ1) is 11.8. The average molecular weight is 482 g/mol. The summed E-state index contributed by atoms with van der Waals surface area (Å²) in [5.74, 6) is 1.55. The molecule has 4 nitrogen and oxygen atoms in total. The number of nitrogens with zero attached hydrogens (tertiary/aromatic N) is 2. The number of alkyl halides is 3. The maximum absolute atomic E-state index is 12.6. The SMILES string of the molecule is CN=C(NC1CCN(Cc2ccc(C(F)(F)F)cc2)C1)NC1CC1C.I. The fourth-order valence-electron chi connectivity index (χ4n) is 3.21. The average Bonchev–Trinajstić information content (AvgIpc) is 3.07. The summed E-state index contributed by atoms with van der Waals surface area (Å²) < 4.78 is 37.8. The minimum Gasteiger partial charge on any atom is -0.353 e. The summed E-state index contributed by atoms with van der Waals surface area (Å²) in [5, 5.41) is 6.87. The molecule has 26 heavy (non-hydrogen) atoms. The molecule has 1 aromatic carbocycles. The Hall–Kier alpha value is -1.03. The molecule has 3 rings (SSSR count). The molecule has 0 radical (unpaired) electrons. The Morgan fingerprint density at radius 3 is 2.42 bits per heavy atom. The van der Waals surface area contributed by atoms with E-state index < -0.39 is 11.7 Å². The van der Waals surface area contributed by atoms with Gasteiger partial charge in [0.1, 0.15) is 0 Å². The van der Waals surface area contributed by atoms with Crippen LogP contribution in [0.3, 0.4) is 0 Å². The Kier molecular flexibility index (Phi) is 7.18. The number of benzene rings is 1. The first kappa shape index (κ1) is 21.3. The van der Waals surface area contributed by atoms with E-state index in [0.29, 0.717) is 24.5 Å². The number of aliphatic imine (C=N–C) groups is 1. The Balaban J connectivity index is 0.00000243. The van der Waals surface area contributed by atoms with Crippen molar-refractivity contribution in [2.75, 3.05) is 20.1 Å². The molecule has 1 saturated carbocycles. The van der Waals surface area contributed by atoms with Gasteiger partial charge in [-0.3, -0.25) is 9.89 Å². The highest BCUT2D eigenvalue weighted by molar-refractivity contribution is 14.0. The molecule has 1 aromatic rings. The lowest BCUT2D eigenvalue weighted by molar-refractivity contribution is -0.137. The number of hydrogen-bond donors (Lipinski definition) is 2. The molecule has 0 amide bonds. The maximum atomic E-state index is 12.6. The molecule has 2 fully saturated rings. The van der Waals surface area contributed by atoms with Gasteiger partial charge in [0.05, 0.1) is 5.56 Å². The van der Waals surface area contributed by atoms with Crippen LogP contribution in [-0.4, -0.2) is 43.1 Å². The smallest absolute Gasteiger partial charge is 0.353 e. The number of guanidine groups is 1. The molecule has 1 aliphatic heterocycles. The lowest BCUT2D eigenvalue weighted by Gasteiger charge is -2.19. The molecule has 3 unspecified atom stereocenters. The summed E-state index contributed by atoms with van der Waals surface area (Å²) in [6.45, 7) is 4.67. The highest BCUT2D eigenvalue weighted by atomic mass is 127. The van der Waals surface area contributed by atoms with Crippen LogP contribution in [-0.2, 0) is 12.7 Å². The van der Waals surface area contributed by atoms with Crippen LogP contribution < -0.4 is 10.6 Å². The molecular weight excluding hydrogens is 456 g/mol. The molecule has 0 aromatic heterocycles. The van der Waals surface area contributed by atoms with E-state index in [4.69, 9.17) is 0 Å². The van der Waals surface area contributed by atoms with Crippen LogP contribution in [0.4, 0.5) is 13.2 Å². The molecule has 2 aliphatic rings.